The lowest BCUT2D eigenvalue weighted by molar-refractivity contribution is -0.136. The molecule has 1 aliphatic heterocycles. The van der Waals surface area contributed by atoms with E-state index in [1.54, 1.807) is 0 Å². The Kier molecular flexibility index (Phi) is 2.30. The molecular formula is C9H15NO2. The summed E-state index contributed by atoms with van der Waals surface area (Å²) in [5, 5.41) is 0. The number of hydrogen-bond acceptors (Lipinski definition) is 2. The summed E-state index contributed by atoms with van der Waals surface area (Å²) < 4.78 is 5.61. The summed E-state index contributed by atoms with van der Waals surface area (Å²) in [6.07, 6.45) is 6.07. The Bertz CT molecular complexity index is 170. The van der Waals surface area contributed by atoms with Gasteiger partial charge >= 0.3 is 0 Å². The Morgan fingerprint density at radius 1 is 1.33 bits per heavy atom. The van der Waals surface area contributed by atoms with Gasteiger partial charge in [0.25, 0.3) is 0 Å². The van der Waals surface area contributed by atoms with Gasteiger partial charge in [-0.2, -0.15) is 0 Å². The first-order valence-electron chi connectivity index (χ1n) is 4.74. The van der Waals surface area contributed by atoms with Crippen molar-refractivity contribution in [2.75, 3.05) is 13.2 Å². The quantitative estimate of drug-likeness (QED) is 0.543. The van der Waals surface area contributed by atoms with E-state index in [0.717, 1.165) is 32.4 Å². The van der Waals surface area contributed by atoms with Crippen LogP contribution in [0, 0.1) is 0 Å². The molecule has 2 aliphatic rings. The number of morpholine rings is 1. The molecule has 3 heteroatoms. The van der Waals surface area contributed by atoms with E-state index in [1.807, 2.05) is 4.90 Å². The van der Waals surface area contributed by atoms with Crippen molar-refractivity contribution in [3.8, 4) is 0 Å². The normalized spacial score (nSPS) is 35.8. The third-order valence-electron chi connectivity index (χ3n) is 2.91. The van der Waals surface area contributed by atoms with Gasteiger partial charge in [-0.25, -0.2) is 0 Å². The van der Waals surface area contributed by atoms with Crippen molar-refractivity contribution in [1.82, 2.24) is 4.90 Å². The van der Waals surface area contributed by atoms with Gasteiger partial charge in [-0.3, -0.25) is 4.79 Å². The highest BCUT2D eigenvalue weighted by Crippen LogP contribution is 2.27. The van der Waals surface area contributed by atoms with E-state index in [2.05, 4.69) is 0 Å². The highest BCUT2D eigenvalue weighted by Gasteiger charge is 2.33. The fraction of sp³-hybridized carbons (Fsp3) is 0.889. The van der Waals surface area contributed by atoms with Gasteiger partial charge in [0.05, 0.1) is 18.8 Å². The topological polar surface area (TPSA) is 29.5 Å². The second kappa shape index (κ2) is 3.44. The van der Waals surface area contributed by atoms with E-state index in [4.69, 9.17) is 4.74 Å². The smallest absolute Gasteiger partial charge is 0.210 e. The van der Waals surface area contributed by atoms with Gasteiger partial charge in [0.2, 0.25) is 6.41 Å². The van der Waals surface area contributed by atoms with E-state index in [-0.39, 0.29) is 0 Å². The Labute approximate surface area is 72.7 Å². The van der Waals surface area contributed by atoms with Crippen LogP contribution >= 0.6 is 0 Å². The van der Waals surface area contributed by atoms with E-state index in [1.165, 1.54) is 12.8 Å². The molecule has 2 rings (SSSR count). The van der Waals surface area contributed by atoms with Crippen molar-refractivity contribution < 1.29 is 9.53 Å². The molecule has 12 heavy (non-hydrogen) atoms. The van der Waals surface area contributed by atoms with Crippen molar-refractivity contribution in [2.24, 2.45) is 0 Å². The van der Waals surface area contributed by atoms with Crippen LogP contribution in [0.3, 0.4) is 0 Å². The van der Waals surface area contributed by atoms with Gasteiger partial charge in [0.15, 0.2) is 0 Å². The molecule has 2 fully saturated rings. The van der Waals surface area contributed by atoms with Gasteiger partial charge in [-0.05, 0) is 12.8 Å². The monoisotopic (exact) mass is 169 g/mol. The fourth-order valence-electron chi connectivity index (χ4n) is 2.26. The van der Waals surface area contributed by atoms with Crippen molar-refractivity contribution in [3.63, 3.8) is 0 Å². The molecule has 68 valence electrons. The van der Waals surface area contributed by atoms with E-state index in [9.17, 15) is 4.79 Å². The van der Waals surface area contributed by atoms with Gasteiger partial charge < -0.3 is 9.64 Å². The molecule has 0 aromatic heterocycles. The Hall–Kier alpha value is -0.570. The standard InChI is InChI=1S/C9H15NO2/c11-7-10-5-6-12-9-4-2-1-3-8(9)10/h7-9H,1-6H2. The molecule has 1 aliphatic carbocycles. The lowest BCUT2D eigenvalue weighted by atomic mass is 9.90. The number of carbonyl (C=O) groups excluding carboxylic acids is 1. The minimum absolute atomic E-state index is 0.331. The zero-order valence-electron chi connectivity index (χ0n) is 7.24. The summed E-state index contributed by atoms with van der Waals surface area (Å²) in [6.45, 7) is 1.50. The number of nitrogens with zero attached hydrogens (tertiary/aromatic N) is 1. The summed E-state index contributed by atoms with van der Waals surface area (Å²) in [4.78, 5) is 12.6. The number of carbonyl (C=O) groups is 1. The summed E-state index contributed by atoms with van der Waals surface area (Å²) in [6, 6.07) is 0.380. The maximum absolute atomic E-state index is 10.7. The second-order valence-electron chi connectivity index (χ2n) is 3.60. The van der Waals surface area contributed by atoms with E-state index < -0.39 is 0 Å². The number of ether oxygens (including phenoxy) is 1. The van der Waals surface area contributed by atoms with Crippen LogP contribution in [-0.2, 0) is 9.53 Å². The minimum atomic E-state index is 0.331. The highest BCUT2D eigenvalue weighted by molar-refractivity contribution is 5.48. The number of hydrogen-bond donors (Lipinski definition) is 0. The Morgan fingerprint density at radius 2 is 2.17 bits per heavy atom. The Balaban J connectivity index is 2.03. The first-order valence-corrected chi connectivity index (χ1v) is 4.74. The van der Waals surface area contributed by atoms with Crippen LogP contribution < -0.4 is 0 Å². The van der Waals surface area contributed by atoms with E-state index in [0.29, 0.717) is 12.1 Å². The second-order valence-corrected chi connectivity index (χ2v) is 3.60. The van der Waals surface area contributed by atoms with Gasteiger partial charge in [0, 0.05) is 6.54 Å². The fourth-order valence-corrected chi connectivity index (χ4v) is 2.26. The van der Waals surface area contributed by atoms with Gasteiger partial charge in [-0.1, -0.05) is 12.8 Å². The molecule has 3 nitrogen and oxygen atoms in total. The van der Waals surface area contributed by atoms with Gasteiger partial charge in [-0.15, -0.1) is 0 Å². The van der Waals surface area contributed by atoms with Crippen LogP contribution in [0.1, 0.15) is 25.7 Å². The van der Waals surface area contributed by atoms with Crippen LogP contribution in [0.25, 0.3) is 0 Å². The molecule has 0 N–H and O–H groups in total. The molecular weight excluding hydrogens is 154 g/mol. The van der Waals surface area contributed by atoms with Crippen molar-refractivity contribution in [2.45, 2.75) is 37.8 Å². The lowest BCUT2D eigenvalue weighted by Crippen LogP contribution is -2.51. The molecule has 1 saturated carbocycles. The van der Waals surface area contributed by atoms with Crippen LogP contribution in [0.5, 0.6) is 0 Å². The predicted molar refractivity (Wildman–Crippen MR) is 44.8 cm³/mol. The first-order chi connectivity index (χ1) is 5.92. The molecule has 1 heterocycles. The minimum Gasteiger partial charge on any atom is -0.374 e. The third kappa shape index (κ3) is 1.33. The molecule has 0 aromatic rings. The molecule has 1 saturated heterocycles. The van der Waals surface area contributed by atoms with Crippen molar-refractivity contribution in [3.05, 3.63) is 0 Å². The van der Waals surface area contributed by atoms with Crippen LogP contribution in [0.4, 0.5) is 0 Å². The average Bonchev–Trinajstić information content (AvgIpc) is 2.17. The molecule has 0 spiro atoms. The van der Waals surface area contributed by atoms with Crippen LogP contribution in [-0.4, -0.2) is 36.6 Å². The van der Waals surface area contributed by atoms with E-state index >= 15 is 0 Å². The number of amides is 1. The Morgan fingerprint density at radius 3 is 3.00 bits per heavy atom. The molecule has 0 bridgehead atoms. The average molecular weight is 169 g/mol. The van der Waals surface area contributed by atoms with Crippen molar-refractivity contribution >= 4 is 6.41 Å². The first kappa shape index (κ1) is 8.05. The molecule has 2 unspecified atom stereocenters. The summed E-state index contributed by atoms with van der Waals surface area (Å²) in [7, 11) is 0. The zero-order valence-corrected chi connectivity index (χ0v) is 7.24. The maximum atomic E-state index is 10.7. The molecule has 0 radical (unpaired) electrons. The summed E-state index contributed by atoms with van der Waals surface area (Å²) in [5.41, 5.74) is 0. The van der Waals surface area contributed by atoms with Crippen molar-refractivity contribution in [1.29, 1.82) is 0 Å². The maximum Gasteiger partial charge on any atom is 0.210 e. The molecule has 0 aromatic carbocycles. The largest absolute Gasteiger partial charge is 0.374 e. The van der Waals surface area contributed by atoms with Crippen LogP contribution in [0.15, 0.2) is 0 Å². The van der Waals surface area contributed by atoms with Crippen LogP contribution in [0.2, 0.25) is 0 Å². The van der Waals surface area contributed by atoms with Gasteiger partial charge in [0.1, 0.15) is 0 Å². The predicted octanol–water partition coefficient (Wildman–Crippen LogP) is 0.786. The molecule has 2 atom stereocenters. The summed E-state index contributed by atoms with van der Waals surface area (Å²) >= 11 is 0. The summed E-state index contributed by atoms with van der Waals surface area (Å²) in [5.74, 6) is 0. The lowest BCUT2D eigenvalue weighted by Gasteiger charge is -2.41. The highest BCUT2D eigenvalue weighted by atomic mass is 16.5. The number of rotatable bonds is 1. The zero-order chi connectivity index (χ0) is 8.39. The molecule has 1 amide bonds. The number of fused-ring (bicyclic) bond motifs is 1. The third-order valence-corrected chi connectivity index (χ3v) is 2.91. The SMILES string of the molecule is O=CN1CCOC2CCCCC21.